The zero-order chi connectivity index (χ0) is 25.5. The number of aliphatic imine (C=N–C) groups is 2. The van der Waals surface area contributed by atoms with Gasteiger partial charge in [-0.05, 0) is 57.1 Å². The molecule has 35 heavy (non-hydrogen) atoms. The third kappa shape index (κ3) is 7.08. The maximum atomic E-state index is 14.1. The molecule has 1 fully saturated rings. The van der Waals surface area contributed by atoms with E-state index in [4.69, 9.17) is 0 Å². The number of nitrogens with zero attached hydrogens (tertiary/aromatic N) is 3. The average molecular weight is 488 g/mol. The summed E-state index contributed by atoms with van der Waals surface area (Å²) in [5, 5.41) is 5.59. The lowest BCUT2D eigenvalue weighted by atomic mass is 9.98. The van der Waals surface area contributed by atoms with Crippen molar-refractivity contribution < 1.29 is 18.8 Å². The number of hydrogen-bond acceptors (Lipinski definition) is 5. The lowest BCUT2D eigenvalue weighted by molar-refractivity contribution is -0.139. The second kappa shape index (κ2) is 12.2. The smallest absolute Gasteiger partial charge is 0.243 e. The molecule has 2 heterocycles. The molecule has 3 rings (SSSR count). The summed E-state index contributed by atoms with van der Waals surface area (Å²) in [5.74, 6) is -0.223. The number of allylic oxidation sites excluding steroid dienone is 4. The molecule has 0 aromatic heterocycles. The van der Waals surface area contributed by atoms with Crippen LogP contribution in [0.1, 0.15) is 72.6 Å². The number of rotatable bonds is 10. The molecule has 0 bridgehead atoms. The zero-order valence-electron chi connectivity index (χ0n) is 21.2. The van der Waals surface area contributed by atoms with E-state index >= 15 is 0 Å². The van der Waals surface area contributed by atoms with E-state index in [1.165, 1.54) is 6.08 Å². The van der Waals surface area contributed by atoms with Crippen molar-refractivity contribution in [3.05, 3.63) is 23.9 Å². The highest BCUT2D eigenvalue weighted by Crippen LogP contribution is 2.22. The second-order valence-corrected chi connectivity index (χ2v) is 9.94. The van der Waals surface area contributed by atoms with Gasteiger partial charge in [-0.3, -0.25) is 14.4 Å². The zero-order valence-corrected chi connectivity index (χ0v) is 21.2. The van der Waals surface area contributed by atoms with Gasteiger partial charge in [0.05, 0.1) is 18.2 Å². The van der Waals surface area contributed by atoms with Gasteiger partial charge in [0.25, 0.3) is 0 Å². The number of piperidine rings is 1. The molecule has 2 aliphatic heterocycles. The van der Waals surface area contributed by atoms with Crippen molar-refractivity contribution in [1.29, 1.82) is 0 Å². The average Bonchev–Trinajstić information content (AvgIpc) is 3.28. The molecular formula is C26H38FN5O3. The van der Waals surface area contributed by atoms with Gasteiger partial charge in [-0.25, -0.2) is 14.4 Å². The Hall–Kier alpha value is -2.84. The number of halogens is 1. The summed E-state index contributed by atoms with van der Waals surface area (Å²) in [6, 6.07) is -1.45. The quantitative estimate of drug-likeness (QED) is 0.494. The van der Waals surface area contributed by atoms with Gasteiger partial charge in [-0.1, -0.05) is 26.8 Å². The Morgan fingerprint density at radius 3 is 2.63 bits per heavy atom. The minimum absolute atomic E-state index is 0.106. The molecule has 3 aliphatic rings. The van der Waals surface area contributed by atoms with E-state index in [2.05, 4.69) is 27.5 Å². The third-order valence-electron chi connectivity index (χ3n) is 6.67. The van der Waals surface area contributed by atoms with Gasteiger partial charge in [0.1, 0.15) is 11.8 Å². The van der Waals surface area contributed by atoms with Crippen LogP contribution < -0.4 is 10.6 Å². The predicted molar refractivity (Wildman–Crippen MR) is 135 cm³/mol. The van der Waals surface area contributed by atoms with Crippen LogP contribution in [0.15, 0.2) is 33.9 Å². The van der Waals surface area contributed by atoms with Crippen molar-refractivity contribution in [3.8, 4) is 0 Å². The first-order chi connectivity index (χ1) is 16.7. The van der Waals surface area contributed by atoms with Gasteiger partial charge < -0.3 is 15.5 Å². The van der Waals surface area contributed by atoms with E-state index in [0.717, 1.165) is 25.7 Å². The van der Waals surface area contributed by atoms with Crippen LogP contribution in [-0.2, 0) is 14.4 Å². The van der Waals surface area contributed by atoms with Gasteiger partial charge in [-0.15, -0.1) is 0 Å². The second-order valence-electron chi connectivity index (χ2n) is 9.94. The molecule has 192 valence electrons. The summed E-state index contributed by atoms with van der Waals surface area (Å²) in [4.78, 5) is 49.4. The van der Waals surface area contributed by atoms with Crippen LogP contribution in [0.5, 0.6) is 0 Å². The Balaban J connectivity index is 1.69. The van der Waals surface area contributed by atoms with Crippen molar-refractivity contribution in [2.75, 3.05) is 6.54 Å². The van der Waals surface area contributed by atoms with Crippen LogP contribution in [0.2, 0.25) is 0 Å². The molecule has 0 aromatic rings. The van der Waals surface area contributed by atoms with Crippen molar-refractivity contribution in [3.63, 3.8) is 0 Å². The van der Waals surface area contributed by atoms with Gasteiger partial charge in [-0.2, -0.15) is 0 Å². The fourth-order valence-corrected chi connectivity index (χ4v) is 4.56. The summed E-state index contributed by atoms with van der Waals surface area (Å²) >= 11 is 0. The van der Waals surface area contributed by atoms with E-state index in [0.29, 0.717) is 30.4 Å². The Labute approximate surface area is 207 Å². The van der Waals surface area contributed by atoms with E-state index in [-0.39, 0.29) is 36.4 Å². The van der Waals surface area contributed by atoms with Crippen LogP contribution in [-0.4, -0.2) is 65.0 Å². The lowest BCUT2D eigenvalue weighted by Gasteiger charge is -2.36. The van der Waals surface area contributed by atoms with Crippen molar-refractivity contribution in [1.82, 2.24) is 15.5 Å². The van der Waals surface area contributed by atoms with Crippen LogP contribution >= 0.6 is 0 Å². The Morgan fingerprint density at radius 2 is 1.94 bits per heavy atom. The minimum atomic E-state index is -1.33. The van der Waals surface area contributed by atoms with Gasteiger partial charge >= 0.3 is 0 Å². The number of carbonyl (C=O) groups excluding carboxylic acids is 3. The third-order valence-corrected chi connectivity index (χ3v) is 6.67. The first-order valence-corrected chi connectivity index (χ1v) is 12.8. The number of hydrogen-bond donors (Lipinski definition) is 2. The summed E-state index contributed by atoms with van der Waals surface area (Å²) in [6.07, 6.45) is 8.04. The normalized spacial score (nSPS) is 23.1. The number of fused-ring (bicyclic) bond motifs is 1. The first kappa shape index (κ1) is 26.8. The monoisotopic (exact) mass is 487 g/mol. The van der Waals surface area contributed by atoms with Crippen LogP contribution in [0.25, 0.3) is 0 Å². The van der Waals surface area contributed by atoms with Crippen LogP contribution in [0.4, 0.5) is 4.39 Å². The molecule has 0 spiro atoms. The van der Waals surface area contributed by atoms with E-state index < -0.39 is 24.2 Å². The highest BCUT2D eigenvalue weighted by atomic mass is 19.1. The molecule has 1 unspecified atom stereocenters. The van der Waals surface area contributed by atoms with Gasteiger partial charge in [0, 0.05) is 19.0 Å². The standard InChI is InChI=1S/C26H38FN5O3/c1-5-18-9-6-7-14-32(18)23(34)15-21(29-22(33)13-12-16(2)3)26(35)28-17(4)25-30-20-11-8-10-19(27)24(20)31-25/h8,10-11,16-19,21H,5-7,9,12-15H2,1-4H3,(H,28,35)(H,29,33)/t17-,18-,19?,21-/m0/s1. The molecule has 1 saturated heterocycles. The predicted octanol–water partition coefficient (Wildman–Crippen LogP) is 3.24. The number of carbonyl (C=O) groups is 3. The number of likely N-dealkylation sites (tertiary alicyclic amines) is 1. The summed E-state index contributed by atoms with van der Waals surface area (Å²) in [7, 11) is 0. The first-order valence-electron chi connectivity index (χ1n) is 12.8. The van der Waals surface area contributed by atoms with E-state index in [9.17, 15) is 18.8 Å². The molecule has 9 heteroatoms. The highest BCUT2D eigenvalue weighted by molar-refractivity contribution is 6.17. The maximum absolute atomic E-state index is 14.1. The van der Waals surface area contributed by atoms with E-state index in [1.807, 2.05) is 18.7 Å². The fourth-order valence-electron chi connectivity index (χ4n) is 4.56. The SMILES string of the molecule is CC[C@H]1CCCCN1C(=O)C[C@H](NC(=O)CCC(C)C)C(=O)N[C@@H](C)C1=NC2=CC=CC(F)C2=N1. The molecule has 1 aliphatic carbocycles. The number of amidine groups is 1. The number of amides is 3. The maximum Gasteiger partial charge on any atom is 0.243 e. The Kier molecular flexibility index (Phi) is 9.34. The highest BCUT2D eigenvalue weighted by Gasteiger charge is 2.33. The summed E-state index contributed by atoms with van der Waals surface area (Å²) in [5.41, 5.74) is 0.675. The Bertz CT molecular complexity index is 939. The van der Waals surface area contributed by atoms with Crippen molar-refractivity contribution in [2.45, 2.75) is 96.9 Å². The Morgan fingerprint density at radius 1 is 1.17 bits per heavy atom. The largest absolute Gasteiger partial charge is 0.345 e. The number of nitrogens with one attached hydrogen (secondary N) is 2. The van der Waals surface area contributed by atoms with Gasteiger partial charge in [0.15, 0.2) is 12.0 Å². The summed E-state index contributed by atoms with van der Waals surface area (Å²) in [6.45, 7) is 8.49. The molecular weight excluding hydrogens is 449 g/mol. The topological polar surface area (TPSA) is 103 Å². The molecule has 0 radical (unpaired) electrons. The molecule has 4 atom stereocenters. The van der Waals surface area contributed by atoms with Gasteiger partial charge in [0.2, 0.25) is 17.7 Å². The number of alkyl halides is 1. The molecule has 0 saturated carbocycles. The van der Waals surface area contributed by atoms with E-state index in [1.54, 1.807) is 19.1 Å². The van der Waals surface area contributed by atoms with Crippen LogP contribution in [0, 0.1) is 5.92 Å². The lowest BCUT2D eigenvalue weighted by Crippen LogP contribution is -2.53. The summed E-state index contributed by atoms with van der Waals surface area (Å²) < 4.78 is 14.1. The van der Waals surface area contributed by atoms with Crippen molar-refractivity contribution >= 4 is 29.3 Å². The van der Waals surface area contributed by atoms with Crippen molar-refractivity contribution in [2.24, 2.45) is 15.9 Å². The molecule has 3 amide bonds. The molecule has 0 aromatic carbocycles. The fraction of sp³-hybridized carbons (Fsp3) is 0.654. The molecule has 8 nitrogen and oxygen atoms in total. The molecule has 2 N–H and O–H groups in total. The van der Waals surface area contributed by atoms with Crippen LogP contribution in [0.3, 0.4) is 0 Å². The minimum Gasteiger partial charge on any atom is -0.345 e.